The summed E-state index contributed by atoms with van der Waals surface area (Å²) in [5.74, 6) is 1.42. The Balaban J connectivity index is 1.54. The van der Waals surface area contributed by atoms with Crippen LogP contribution in [0.25, 0.3) is 0 Å². The van der Waals surface area contributed by atoms with E-state index in [1.165, 1.54) is 0 Å². The molecule has 0 saturated carbocycles. The summed E-state index contributed by atoms with van der Waals surface area (Å²) in [6.45, 7) is 7.76. The Morgan fingerprint density at radius 2 is 1.76 bits per heavy atom. The third-order valence-electron chi connectivity index (χ3n) is 5.88. The van der Waals surface area contributed by atoms with Crippen LogP contribution < -0.4 is 14.8 Å². The molecule has 33 heavy (non-hydrogen) atoms. The van der Waals surface area contributed by atoms with Crippen LogP contribution in [0.4, 0.5) is 0 Å². The lowest BCUT2D eigenvalue weighted by Gasteiger charge is -2.25. The van der Waals surface area contributed by atoms with Crippen LogP contribution >= 0.6 is 0 Å². The summed E-state index contributed by atoms with van der Waals surface area (Å²) in [6, 6.07) is 10.2. The maximum Gasteiger partial charge on any atom is 0.251 e. The second kappa shape index (κ2) is 11.0. The molecule has 1 N–H and O–H groups in total. The van der Waals surface area contributed by atoms with E-state index in [1.54, 1.807) is 35.7 Å². The molecule has 1 aliphatic rings. The zero-order valence-electron chi connectivity index (χ0n) is 19.9. The molecule has 0 aromatic heterocycles. The van der Waals surface area contributed by atoms with E-state index < -0.39 is 10.0 Å². The maximum atomic E-state index is 12.7. The smallest absolute Gasteiger partial charge is 0.251 e. The summed E-state index contributed by atoms with van der Waals surface area (Å²) in [6.07, 6.45) is 2.88. The molecule has 1 aliphatic heterocycles. The highest BCUT2D eigenvalue weighted by molar-refractivity contribution is 7.89. The molecular formula is C25H34N2O5S. The van der Waals surface area contributed by atoms with Crippen LogP contribution in [-0.4, -0.2) is 52.0 Å². The van der Waals surface area contributed by atoms with E-state index in [-0.39, 0.29) is 23.3 Å². The highest BCUT2D eigenvalue weighted by Gasteiger charge is 2.25. The molecule has 1 saturated heterocycles. The quantitative estimate of drug-likeness (QED) is 0.553. The van der Waals surface area contributed by atoms with Crippen LogP contribution in [-0.2, 0) is 10.0 Å². The molecule has 0 unspecified atom stereocenters. The van der Waals surface area contributed by atoms with Gasteiger partial charge in [-0.1, -0.05) is 20.3 Å². The maximum absolute atomic E-state index is 12.7. The van der Waals surface area contributed by atoms with Crippen LogP contribution in [0.1, 0.15) is 60.5 Å². The molecule has 8 heteroatoms. The van der Waals surface area contributed by atoms with Crippen molar-refractivity contribution in [2.45, 2.75) is 50.8 Å². The van der Waals surface area contributed by atoms with E-state index in [9.17, 15) is 13.2 Å². The summed E-state index contributed by atoms with van der Waals surface area (Å²) in [4.78, 5) is 13.0. The van der Waals surface area contributed by atoms with Gasteiger partial charge in [-0.3, -0.25) is 4.79 Å². The van der Waals surface area contributed by atoms with Crippen LogP contribution in [0, 0.1) is 6.92 Å². The van der Waals surface area contributed by atoms with Gasteiger partial charge in [-0.2, -0.15) is 4.31 Å². The number of rotatable bonds is 9. The first-order chi connectivity index (χ1) is 15.7. The third-order valence-corrected chi connectivity index (χ3v) is 7.79. The monoisotopic (exact) mass is 474 g/mol. The van der Waals surface area contributed by atoms with Gasteiger partial charge in [-0.15, -0.1) is 0 Å². The van der Waals surface area contributed by atoms with Crippen LogP contribution in [0.3, 0.4) is 0 Å². The lowest BCUT2D eigenvalue weighted by molar-refractivity contribution is 0.0946. The molecule has 0 spiro atoms. The van der Waals surface area contributed by atoms with Crippen molar-refractivity contribution in [1.82, 2.24) is 9.62 Å². The number of nitrogens with zero attached hydrogens (tertiary/aromatic N) is 1. The van der Waals surface area contributed by atoms with E-state index >= 15 is 0 Å². The molecule has 2 aromatic rings. The number of aryl methyl sites for hydroxylation is 1. The number of carbonyl (C=O) groups excluding carboxylic acids is 1. The molecule has 180 valence electrons. The van der Waals surface area contributed by atoms with E-state index in [4.69, 9.17) is 9.47 Å². The lowest BCUT2D eigenvalue weighted by Crippen LogP contribution is -2.35. The first-order valence-electron chi connectivity index (χ1n) is 11.4. The number of nitrogens with one attached hydrogen (secondary N) is 1. The number of benzene rings is 2. The lowest BCUT2D eigenvalue weighted by atomic mass is 9.96. The molecule has 1 amide bonds. The van der Waals surface area contributed by atoms with E-state index in [1.807, 2.05) is 19.1 Å². The predicted octanol–water partition coefficient (Wildman–Crippen LogP) is 4.11. The van der Waals surface area contributed by atoms with E-state index in [2.05, 4.69) is 19.2 Å². The van der Waals surface area contributed by atoms with Crippen molar-refractivity contribution in [2.75, 3.05) is 33.4 Å². The molecule has 3 rings (SSSR count). The van der Waals surface area contributed by atoms with Crippen LogP contribution in [0.15, 0.2) is 41.3 Å². The fourth-order valence-electron chi connectivity index (χ4n) is 3.96. The minimum Gasteiger partial charge on any atom is -0.496 e. The summed E-state index contributed by atoms with van der Waals surface area (Å²) in [5.41, 5.74) is 2.45. The number of carbonyl (C=O) groups is 1. The summed E-state index contributed by atoms with van der Waals surface area (Å²) in [7, 11) is -1.82. The number of hydrogen-bond acceptors (Lipinski definition) is 5. The van der Waals surface area contributed by atoms with Gasteiger partial charge in [0.15, 0.2) is 0 Å². The minimum atomic E-state index is -3.45. The first-order valence-corrected chi connectivity index (χ1v) is 12.9. The zero-order chi connectivity index (χ0) is 24.0. The van der Waals surface area contributed by atoms with Gasteiger partial charge in [0.25, 0.3) is 5.91 Å². The fraction of sp³-hybridized carbons (Fsp3) is 0.480. The first kappa shape index (κ1) is 25.1. The average Bonchev–Trinajstić information content (AvgIpc) is 2.82. The van der Waals surface area contributed by atoms with Gasteiger partial charge >= 0.3 is 0 Å². The number of ether oxygens (including phenoxy) is 2. The number of piperidine rings is 1. The molecule has 7 nitrogen and oxygen atoms in total. The van der Waals surface area contributed by atoms with Crippen molar-refractivity contribution in [3.05, 3.63) is 53.1 Å². The van der Waals surface area contributed by atoms with Crippen LogP contribution in [0.5, 0.6) is 11.5 Å². The fourth-order valence-corrected chi connectivity index (χ4v) is 5.48. The Morgan fingerprint density at radius 3 is 2.36 bits per heavy atom. The number of hydrogen-bond donors (Lipinski definition) is 1. The van der Waals surface area contributed by atoms with Crippen molar-refractivity contribution >= 4 is 15.9 Å². The summed E-state index contributed by atoms with van der Waals surface area (Å²) < 4.78 is 38.1. The molecular weight excluding hydrogens is 440 g/mol. The second-order valence-corrected chi connectivity index (χ2v) is 10.5. The Morgan fingerprint density at radius 1 is 1.09 bits per heavy atom. The van der Waals surface area contributed by atoms with Gasteiger partial charge in [0.2, 0.25) is 10.0 Å². The summed E-state index contributed by atoms with van der Waals surface area (Å²) in [5, 5.41) is 2.88. The van der Waals surface area contributed by atoms with Crippen LogP contribution in [0.2, 0.25) is 0 Å². The minimum absolute atomic E-state index is 0.163. The van der Waals surface area contributed by atoms with Gasteiger partial charge in [-0.05, 0) is 73.2 Å². The number of amides is 1. The van der Waals surface area contributed by atoms with Crippen molar-refractivity contribution in [2.24, 2.45) is 0 Å². The Labute approximate surface area is 197 Å². The topological polar surface area (TPSA) is 84.9 Å². The van der Waals surface area contributed by atoms with Crippen molar-refractivity contribution in [3.8, 4) is 11.5 Å². The Hall–Kier alpha value is -2.58. The van der Waals surface area contributed by atoms with Crippen molar-refractivity contribution < 1.29 is 22.7 Å². The summed E-state index contributed by atoms with van der Waals surface area (Å²) >= 11 is 0. The highest BCUT2D eigenvalue weighted by Crippen LogP contribution is 2.29. The van der Waals surface area contributed by atoms with Crippen molar-refractivity contribution in [1.29, 1.82) is 0 Å². The normalized spacial score (nSPS) is 14.8. The number of sulfonamides is 1. The molecule has 0 atom stereocenters. The van der Waals surface area contributed by atoms with Crippen molar-refractivity contribution in [3.63, 3.8) is 0 Å². The van der Waals surface area contributed by atoms with Gasteiger partial charge in [0, 0.05) is 18.7 Å². The Bertz CT molecular complexity index is 1060. The largest absolute Gasteiger partial charge is 0.496 e. The number of methoxy groups -OCH3 is 1. The molecule has 0 bridgehead atoms. The average molecular weight is 475 g/mol. The second-order valence-electron chi connectivity index (χ2n) is 8.60. The van der Waals surface area contributed by atoms with Gasteiger partial charge in [0.05, 0.1) is 18.6 Å². The van der Waals surface area contributed by atoms with Gasteiger partial charge in [0.1, 0.15) is 18.1 Å². The SMILES string of the molecule is COc1cc(C)c(C(=O)NCCOc2ccc(S(=O)(=O)N3CCCCC3)cc2)cc1C(C)C. The molecule has 1 fully saturated rings. The molecule has 1 heterocycles. The molecule has 2 aromatic carbocycles. The Kier molecular flexibility index (Phi) is 8.37. The molecule has 0 radical (unpaired) electrons. The standard InChI is InChI=1S/C25H34N2O5S/c1-18(2)22-17-23(19(3)16-24(22)31-4)25(28)26-12-15-32-20-8-10-21(11-9-20)33(29,30)27-13-6-5-7-14-27/h8-11,16-18H,5-7,12-15H2,1-4H3,(H,26,28). The van der Waals surface area contributed by atoms with E-state index in [0.717, 1.165) is 36.1 Å². The zero-order valence-corrected chi connectivity index (χ0v) is 20.7. The van der Waals surface area contributed by atoms with E-state index in [0.29, 0.717) is 30.9 Å². The molecule has 0 aliphatic carbocycles. The third kappa shape index (κ3) is 6.06. The van der Waals surface area contributed by atoms with Gasteiger partial charge in [-0.25, -0.2) is 8.42 Å². The van der Waals surface area contributed by atoms with Gasteiger partial charge < -0.3 is 14.8 Å². The predicted molar refractivity (Wildman–Crippen MR) is 129 cm³/mol. The highest BCUT2D eigenvalue weighted by atomic mass is 32.2.